The van der Waals surface area contributed by atoms with Crippen molar-refractivity contribution in [3.8, 4) is 0 Å². The molecule has 2 unspecified atom stereocenters. The molecule has 1 aliphatic heterocycles. The normalized spacial score (nSPS) is 29.0. The number of nitrogens with two attached hydrogens (primary N) is 1. The van der Waals surface area contributed by atoms with Crippen LogP contribution in [-0.2, 0) is 19.1 Å². The summed E-state index contributed by atoms with van der Waals surface area (Å²) in [6.07, 6.45) is 0.806. The molecular formula is C6H12N2O4S. The summed E-state index contributed by atoms with van der Waals surface area (Å²) in [5, 5.41) is 2.76. The van der Waals surface area contributed by atoms with Crippen molar-refractivity contribution in [3.63, 3.8) is 0 Å². The number of carbonyl (C=O) groups excluding carboxylic acids is 1. The van der Waals surface area contributed by atoms with E-state index in [2.05, 4.69) is 9.50 Å². The molecule has 3 N–H and O–H groups in total. The van der Waals surface area contributed by atoms with E-state index >= 15 is 0 Å². The summed E-state index contributed by atoms with van der Waals surface area (Å²) in [6.45, 7) is 0.334. The minimum atomic E-state index is -3.45. The zero-order valence-electron chi connectivity index (χ0n) is 7.19. The second-order valence-electron chi connectivity index (χ2n) is 3.02. The van der Waals surface area contributed by atoms with Crippen LogP contribution >= 0.6 is 0 Å². The Morgan fingerprint density at radius 1 is 1.62 bits per heavy atom. The lowest BCUT2D eigenvalue weighted by atomic mass is 10.2. The summed E-state index contributed by atoms with van der Waals surface area (Å²) in [7, 11) is -3.45. The molecular weight excluding hydrogens is 196 g/mol. The third-order valence-electron chi connectivity index (χ3n) is 1.74. The molecule has 76 valence electrons. The Balaban J connectivity index is 2.47. The van der Waals surface area contributed by atoms with Crippen molar-refractivity contribution < 1.29 is 17.4 Å². The first kappa shape index (κ1) is 10.4. The molecule has 1 saturated heterocycles. The first-order chi connectivity index (χ1) is 5.88. The molecule has 0 bridgehead atoms. The van der Waals surface area contributed by atoms with Crippen molar-refractivity contribution in [3.05, 3.63) is 0 Å². The molecule has 1 amide bonds. The van der Waals surface area contributed by atoms with E-state index in [0.29, 0.717) is 13.0 Å². The van der Waals surface area contributed by atoms with Gasteiger partial charge in [0.1, 0.15) is 0 Å². The standard InChI is InChI=1S/C6H12N2O4S/c1-13(10,11)12-4-2-5(6(7)9)8-3-4/h4-5,8H,2-3H2,1H3,(H2,7,9). The molecule has 0 spiro atoms. The molecule has 0 radical (unpaired) electrons. The van der Waals surface area contributed by atoms with Crippen molar-refractivity contribution in [2.45, 2.75) is 18.6 Å². The molecule has 7 heteroatoms. The van der Waals surface area contributed by atoms with Crippen molar-refractivity contribution in [1.82, 2.24) is 5.32 Å². The maximum absolute atomic E-state index is 10.7. The fourth-order valence-corrected chi connectivity index (χ4v) is 1.88. The number of amides is 1. The van der Waals surface area contributed by atoms with Gasteiger partial charge in [0, 0.05) is 13.0 Å². The van der Waals surface area contributed by atoms with Gasteiger partial charge < -0.3 is 11.1 Å². The predicted octanol–water partition coefficient (Wildman–Crippen LogP) is -1.82. The monoisotopic (exact) mass is 208 g/mol. The summed E-state index contributed by atoms with van der Waals surface area (Å²) >= 11 is 0. The summed E-state index contributed by atoms with van der Waals surface area (Å²) in [5.74, 6) is -0.486. The van der Waals surface area contributed by atoms with Crippen molar-refractivity contribution in [1.29, 1.82) is 0 Å². The molecule has 2 atom stereocenters. The quantitative estimate of drug-likeness (QED) is 0.532. The summed E-state index contributed by atoms with van der Waals surface area (Å²) < 4.78 is 26.1. The Bertz CT molecular complexity index is 300. The molecule has 0 aromatic rings. The van der Waals surface area contributed by atoms with E-state index in [1.165, 1.54) is 0 Å². The van der Waals surface area contributed by atoms with Gasteiger partial charge in [-0.1, -0.05) is 0 Å². The van der Waals surface area contributed by atoms with E-state index in [1.807, 2.05) is 0 Å². The lowest BCUT2D eigenvalue weighted by molar-refractivity contribution is -0.119. The maximum atomic E-state index is 10.7. The van der Waals surface area contributed by atoms with Gasteiger partial charge in [-0.2, -0.15) is 8.42 Å². The van der Waals surface area contributed by atoms with E-state index < -0.39 is 28.2 Å². The van der Waals surface area contributed by atoms with Gasteiger partial charge in [-0.05, 0) is 0 Å². The molecule has 1 fully saturated rings. The van der Waals surface area contributed by atoms with Crippen LogP contribution in [0.3, 0.4) is 0 Å². The lowest BCUT2D eigenvalue weighted by Crippen LogP contribution is -2.36. The molecule has 1 aliphatic rings. The zero-order valence-corrected chi connectivity index (χ0v) is 8.00. The molecule has 6 nitrogen and oxygen atoms in total. The van der Waals surface area contributed by atoms with Crippen LogP contribution in [0.2, 0.25) is 0 Å². The number of nitrogens with one attached hydrogen (secondary N) is 1. The van der Waals surface area contributed by atoms with Gasteiger partial charge >= 0.3 is 0 Å². The highest BCUT2D eigenvalue weighted by Gasteiger charge is 2.30. The molecule has 0 aromatic carbocycles. The van der Waals surface area contributed by atoms with Gasteiger partial charge in [0.25, 0.3) is 10.1 Å². The van der Waals surface area contributed by atoms with Crippen LogP contribution in [0.25, 0.3) is 0 Å². The second kappa shape index (κ2) is 3.60. The van der Waals surface area contributed by atoms with E-state index in [9.17, 15) is 13.2 Å². The van der Waals surface area contributed by atoms with Gasteiger partial charge in [0.15, 0.2) is 0 Å². The zero-order chi connectivity index (χ0) is 10.1. The number of rotatable bonds is 3. The highest BCUT2D eigenvalue weighted by atomic mass is 32.2. The highest BCUT2D eigenvalue weighted by Crippen LogP contribution is 2.11. The Kier molecular flexibility index (Phi) is 2.89. The van der Waals surface area contributed by atoms with Gasteiger partial charge in [0.05, 0.1) is 18.4 Å². The number of primary amides is 1. The van der Waals surface area contributed by atoms with Crippen molar-refractivity contribution in [2.24, 2.45) is 5.73 Å². The Labute approximate surface area is 76.6 Å². The lowest BCUT2D eigenvalue weighted by Gasteiger charge is -2.07. The van der Waals surface area contributed by atoms with Crippen LogP contribution in [0.5, 0.6) is 0 Å². The first-order valence-corrected chi connectivity index (χ1v) is 5.61. The SMILES string of the molecule is CS(=O)(=O)OC1CNC(C(N)=O)C1. The highest BCUT2D eigenvalue weighted by molar-refractivity contribution is 7.86. The van der Waals surface area contributed by atoms with E-state index in [-0.39, 0.29) is 0 Å². The van der Waals surface area contributed by atoms with Gasteiger partial charge in [-0.25, -0.2) is 0 Å². The van der Waals surface area contributed by atoms with E-state index in [1.54, 1.807) is 0 Å². The van der Waals surface area contributed by atoms with E-state index in [4.69, 9.17) is 5.73 Å². The number of hydrogen-bond acceptors (Lipinski definition) is 5. The predicted molar refractivity (Wildman–Crippen MR) is 45.3 cm³/mol. The third-order valence-corrected chi connectivity index (χ3v) is 2.37. The molecule has 0 aromatic heterocycles. The van der Waals surface area contributed by atoms with Crippen LogP contribution in [0, 0.1) is 0 Å². The third kappa shape index (κ3) is 3.29. The van der Waals surface area contributed by atoms with Crippen molar-refractivity contribution in [2.75, 3.05) is 12.8 Å². The Morgan fingerprint density at radius 2 is 2.23 bits per heavy atom. The van der Waals surface area contributed by atoms with Crippen LogP contribution in [0.1, 0.15) is 6.42 Å². The van der Waals surface area contributed by atoms with Crippen LogP contribution in [-0.4, -0.2) is 39.3 Å². The Hall–Kier alpha value is -0.660. The van der Waals surface area contributed by atoms with Crippen molar-refractivity contribution >= 4 is 16.0 Å². The molecule has 13 heavy (non-hydrogen) atoms. The Morgan fingerprint density at radius 3 is 2.62 bits per heavy atom. The minimum Gasteiger partial charge on any atom is -0.368 e. The largest absolute Gasteiger partial charge is 0.368 e. The van der Waals surface area contributed by atoms with Gasteiger partial charge in [0.2, 0.25) is 5.91 Å². The molecule has 1 heterocycles. The summed E-state index contributed by atoms with van der Waals surface area (Å²) in [6, 6.07) is -0.480. The summed E-state index contributed by atoms with van der Waals surface area (Å²) in [5.41, 5.74) is 5.02. The molecule has 0 aliphatic carbocycles. The topological polar surface area (TPSA) is 98.5 Å². The van der Waals surface area contributed by atoms with Crippen LogP contribution in [0.4, 0.5) is 0 Å². The molecule has 1 rings (SSSR count). The van der Waals surface area contributed by atoms with Crippen LogP contribution in [0.15, 0.2) is 0 Å². The minimum absolute atomic E-state index is 0.308. The second-order valence-corrected chi connectivity index (χ2v) is 4.62. The number of carbonyl (C=O) groups is 1. The summed E-state index contributed by atoms with van der Waals surface area (Å²) in [4.78, 5) is 10.7. The van der Waals surface area contributed by atoms with E-state index in [0.717, 1.165) is 6.26 Å². The number of hydrogen-bond donors (Lipinski definition) is 2. The van der Waals surface area contributed by atoms with Gasteiger partial charge in [-0.15, -0.1) is 0 Å². The van der Waals surface area contributed by atoms with Gasteiger partial charge in [-0.3, -0.25) is 8.98 Å². The smallest absolute Gasteiger partial charge is 0.264 e. The molecule has 0 saturated carbocycles. The average Bonchev–Trinajstić information content (AvgIpc) is 2.31. The maximum Gasteiger partial charge on any atom is 0.264 e. The van der Waals surface area contributed by atoms with Crippen LogP contribution < -0.4 is 11.1 Å². The fourth-order valence-electron chi connectivity index (χ4n) is 1.24. The average molecular weight is 208 g/mol. The fraction of sp³-hybridized carbons (Fsp3) is 0.833. The first-order valence-electron chi connectivity index (χ1n) is 3.79.